The van der Waals surface area contributed by atoms with Gasteiger partial charge in [-0.3, -0.25) is 0 Å². The lowest BCUT2D eigenvalue weighted by Gasteiger charge is -2.37. The first-order valence-electron chi connectivity index (χ1n) is 6.01. The van der Waals surface area contributed by atoms with E-state index in [1.54, 1.807) is 12.1 Å². The zero-order valence-corrected chi connectivity index (χ0v) is 11.5. The number of nitriles is 1. The second-order valence-corrected chi connectivity index (χ2v) is 4.90. The first-order valence-corrected chi connectivity index (χ1v) is 7.24. The molecule has 0 spiro atoms. The van der Waals surface area contributed by atoms with E-state index in [9.17, 15) is 4.39 Å². The van der Waals surface area contributed by atoms with E-state index in [0.29, 0.717) is 5.69 Å². The van der Waals surface area contributed by atoms with Crippen molar-refractivity contribution < 1.29 is 4.39 Å². The number of piperazine rings is 1. The lowest BCUT2D eigenvalue weighted by Crippen LogP contribution is -2.48. The van der Waals surface area contributed by atoms with Gasteiger partial charge in [0.15, 0.2) is 5.17 Å². The highest BCUT2D eigenvalue weighted by Crippen LogP contribution is 2.21. The summed E-state index contributed by atoms with van der Waals surface area (Å²) in [4.78, 5) is 7.88. The van der Waals surface area contributed by atoms with Crippen molar-refractivity contribution in [1.29, 1.82) is 5.26 Å². The molecule has 0 aliphatic carbocycles. The van der Waals surface area contributed by atoms with E-state index in [-0.39, 0.29) is 5.82 Å². The molecule has 0 saturated carbocycles. The predicted molar refractivity (Wildman–Crippen MR) is 76.7 cm³/mol. The number of nitrogens with zero attached hydrogens (tertiary/aromatic N) is 4. The molecule has 1 aromatic carbocycles. The monoisotopic (exact) mass is 278 g/mol. The minimum Gasteiger partial charge on any atom is -0.366 e. The molecule has 0 unspecified atom stereocenters. The summed E-state index contributed by atoms with van der Waals surface area (Å²) in [5, 5.41) is 9.36. The van der Waals surface area contributed by atoms with Crippen molar-refractivity contribution in [2.45, 2.75) is 0 Å². The molecule has 1 aliphatic rings. The van der Waals surface area contributed by atoms with Gasteiger partial charge in [0.25, 0.3) is 0 Å². The molecule has 1 saturated heterocycles. The van der Waals surface area contributed by atoms with Crippen LogP contribution >= 0.6 is 11.8 Å². The summed E-state index contributed by atoms with van der Waals surface area (Å²) in [7, 11) is 0. The molecule has 0 aromatic heterocycles. The topological polar surface area (TPSA) is 42.6 Å². The Morgan fingerprint density at radius 3 is 2.58 bits per heavy atom. The lowest BCUT2D eigenvalue weighted by molar-refractivity contribution is 0.390. The van der Waals surface area contributed by atoms with Gasteiger partial charge >= 0.3 is 0 Å². The molecule has 2 rings (SSSR count). The van der Waals surface area contributed by atoms with E-state index in [1.165, 1.54) is 17.8 Å². The van der Waals surface area contributed by atoms with Crippen molar-refractivity contribution in [1.82, 2.24) is 4.90 Å². The lowest BCUT2D eigenvalue weighted by atomic mass is 10.2. The summed E-state index contributed by atoms with van der Waals surface area (Å²) in [5.41, 5.74) is 0.644. The quantitative estimate of drug-likeness (QED) is 0.448. The number of hydrogen-bond donors (Lipinski definition) is 0. The van der Waals surface area contributed by atoms with E-state index in [2.05, 4.69) is 9.89 Å². The van der Waals surface area contributed by atoms with Crippen molar-refractivity contribution in [3.8, 4) is 6.19 Å². The molecular formula is C13H15FN4S. The molecule has 100 valence electrons. The Morgan fingerprint density at radius 2 is 2.00 bits per heavy atom. The van der Waals surface area contributed by atoms with Crippen LogP contribution in [0.1, 0.15) is 0 Å². The number of thioether (sulfide) groups is 1. The maximum atomic E-state index is 13.7. The van der Waals surface area contributed by atoms with Gasteiger partial charge in [-0.15, -0.1) is 4.99 Å². The third kappa shape index (κ3) is 3.18. The highest BCUT2D eigenvalue weighted by atomic mass is 32.2. The van der Waals surface area contributed by atoms with Gasteiger partial charge in [0.2, 0.25) is 6.19 Å². The van der Waals surface area contributed by atoms with Crippen molar-refractivity contribution in [2.75, 3.05) is 37.3 Å². The summed E-state index contributed by atoms with van der Waals surface area (Å²) >= 11 is 1.46. The second-order valence-electron chi connectivity index (χ2n) is 4.12. The number of hydrogen-bond acceptors (Lipinski definition) is 4. The van der Waals surface area contributed by atoms with Crippen LogP contribution in [0.5, 0.6) is 0 Å². The Labute approximate surface area is 116 Å². The Kier molecular flexibility index (Phi) is 4.63. The average Bonchev–Trinajstić information content (AvgIpc) is 2.46. The van der Waals surface area contributed by atoms with Gasteiger partial charge in [-0.25, -0.2) is 4.39 Å². The maximum absolute atomic E-state index is 13.7. The molecule has 0 radical (unpaired) electrons. The number of aliphatic imine (C=N–C) groups is 1. The van der Waals surface area contributed by atoms with Gasteiger partial charge in [0.05, 0.1) is 5.69 Å². The number of rotatable bonds is 1. The molecule has 0 atom stereocenters. The Morgan fingerprint density at radius 1 is 1.32 bits per heavy atom. The summed E-state index contributed by atoms with van der Waals surface area (Å²) in [5.74, 6) is -0.188. The third-order valence-electron chi connectivity index (χ3n) is 3.07. The van der Waals surface area contributed by atoms with Crippen LogP contribution in [0.2, 0.25) is 0 Å². The number of para-hydroxylation sites is 1. The zero-order valence-electron chi connectivity index (χ0n) is 10.7. The van der Waals surface area contributed by atoms with Crippen molar-refractivity contribution in [3.63, 3.8) is 0 Å². The highest BCUT2D eigenvalue weighted by molar-refractivity contribution is 8.13. The first kappa shape index (κ1) is 13.7. The predicted octanol–water partition coefficient (Wildman–Crippen LogP) is 2.15. The minimum atomic E-state index is -0.188. The Bertz CT molecular complexity index is 504. The van der Waals surface area contributed by atoms with Crippen LogP contribution in [0.25, 0.3) is 0 Å². The summed E-state index contributed by atoms with van der Waals surface area (Å²) in [6.45, 7) is 2.95. The van der Waals surface area contributed by atoms with E-state index in [0.717, 1.165) is 31.3 Å². The van der Waals surface area contributed by atoms with Crippen molar-refractivity contribution in [3.05, 3.63) is 30.1 Å². The van der Waals surface area contributed by atoms with E-state index in [1.807, 2.05) is 23.4 Å². The number of anilines is 1. The van der Waals surface area contributed by atoms with Crippen LogP contribution in [-0.2, 0) is 0 Å². The number of amidine groups is 1. The Hall–Kier alpha value is -1.74. The normalized spacial score (nSPS) is 16.4. The first-order chi connectivity index (χ1) is 9.26. The molecule has 19 heavy (non-hydrogen) atoms. The van der Waals surface area contributed by atoms with E-state index < -0.39 is 0 Å². The highest BCUT2D eigenvalue weighted by Gasteiger charge is 2.21. The minimum absolute atomic E-state index is 0.188. The van der Waals surface area contributed by atoms with Gasteiger partial charge in [-0.05, 0) is 18.4 Å². The molecular weight excluding hydrogens is 263 g/mol. The SMILES string of the molecule is CSC(=NC#N)N1CCN(c2ccccc2F)CC1. The zero-order chi connectivity index (χ0) is 13.7. The van der Waals surface area contributed by atoms with Crippen LogP contribution in [0, 0.1) is 17.3 Å². The molecule has 0 N–H and O–H groups in total. The van der Waals surface area contributed by atoms with Gasteiger partial charge in [-0.2, -0.15) is 5.26 Å². The number of benzene rings is 1. The Balaban J connectivity index is 2.02. The fourth-order valence-electron chi connectivity index (χ4n) is 2.14. The molecule has 1 aromatic rings. The average molecular weight is 278 g/mol. The molecule has 1 heterocycles. The maximum Gasteiger partial charge on any atom is 0.208 e. The molecule has 0 bridgehead atoms. The van der Waals surface area contributed by atoms with Gasteiger partial charge in [0, 0.05) is 26.2 Å². The largest absolute Gasteiger partial charge is 0.366 e. The summed E-state index contributed by atoms with van der Waals surface area (Å²) in [6, 6.07) is 6.81. The van der Waals surface area contributed by atoms with Crippen LogP contribution < -0.4 is 4.90 Å². The van der Waals surface area contributed by atoms with Crippen molar-refractivity contribution >= 4 is 22.6 Å². The van der Waals surface area contributed by atoms with Crippen molar-refractivity contribution in [2.24, 2.45) is 4.99 Å². The standard InChI is InChI=1S/C13H15FN4S/c1-19-13(16-10-15)18-8-6-17(7-9-18)12-5-3-2-4-11(12)14/h2-5H,6-9H2,1H3. The number of halogens is 1. The molecule has 0 amide bonds. The van der Waals surface area contributed by atoms with Crippen LogP contribution in [0.3, 0.4) is 0 Å². The van der Waals surface area contributed by atoms with Crippen LogP contribution in [-0.4, -0.2) is 42.5 Å². The fraction of sp³-hybridized carbons (Fsp3) is 0.385. The third-order valence-corrected chi connectivity index (χ3v) is 3.79. The molecule has 1 aliphatic heterocycles. The van der Waals surface area contributed by atoms with Gasteiger partial charge in [0.1, 0.15) is 5.82 Å². The smallest absolute Gasteiger partial charge is 0.208 e. The van der Waals surface area contributed by atoms with Gasteiger partial charge < -0.3 is 9.80 Å². The fourth-order valence-corrected chi connectivity index (χ4v) is 2.71. The summed E-state index contributed by atoms with van der Waals surface area (Å²) in [6.07, 6.45) is 3.72. The molecule has 6 heteroatoms. The van der Waals surface area contributed by atoms with Crippen LogP contribution in [0.15, 0.2) is 29.3 Å². The van der Waals surface area contributed by atoms with Gasteiger partial charge in [-0.1, -0.05) is 23.9 Å². The van der Waals surface area contributed by atoms with E-state index in [4.69, 9.17) is 5.26 Å². The summed E-state index contributed by atoms with van der Waals surface area (Å²) < 4.78 is 13.7. The molecule has 1 fully saturated rings. The van der Waals surface area contributed by atoms with E-state index >= 15 is 0 Å². The second kappa shape index (κ2) is 6.43. The molecule has 4 nitrogen and oxygen atoms in total. The van der Waals surface area contributed by atoms with Crippen LogP contribution in [0.4, 0.5) is 10.1 Å².